The van der Waals surface area contributed by atoms with Gasteiger partial charge in [-0.25, -0.2) is 22.4 Å². The fourth-order valence-electron chi connectivity index (χ4n) is 2.82. The van der Waals surface area contributed by atoms with Crippen molar-refractivity contribution in [1.29, 1.82) is 0 Å². The first-order valence-corrected chi connectivity index (χ1v) is 8.21. The van der Waals surface area contributed by atoms with E-state index in [1.54, 1.807) is 12.1 Å². The van der Waals surface area contributed by atoms with Gasteiger partial charge in [-0.1, -0.05) is 35.9 Å². The predicted octanol–water partition coefficient (Wildman–Crippen LogP) is 4.84. The van der Waals surface area contributed by atoms with Crippen LogP contribution < -0.4 is 10.5 Å². The lowest BCUT2D eigenvalue weighted by atomic mass is 9.96. The number of alkyl halides is 2. The topological polar surface area (TPSA) is 70.1 Å². The molecule has 0 aliphatic rings. The molecule has 0 spiro atoms. The van der Waals surface area contributed by atoms with Crippen molar-refractivity contribution in [3.05, 3.63) is 59.5 Å². The lowest BCUT2D eigenvalue weighted by Gasteiger charge is -2.13. The molecule has 0 radical (unpaired) electrons. The lowest BCUT2D eigenvalue weighted by molar-refractivity contribution is 0.210. The Morgan fingerprint density at radius 3 is 2.29 bits per heavy atom. The van der Waals surface area contributed by atoms with Crippen LogP contribution in [0, 0.1) is 17.5 Å². The molecule has 1 atom stereocenters. The monoisotopic (exact) mass is 413 g/mol. The van der Waals surface area contributed by atoms with Crippen LogP contribution in [-0.2, 0) is 7.05 Å². The standard InChI is InChI=1S/C18H12ClF4N3O2/c1-26-15(16(28-18(24)27)14(25-26)17(19)23)10-5-3-2-4-9(10)8-6-11(20)13(22)12(21)7-8/h2-7,17H,1H3,(H2,24,27). The maximum Gasteiger partial charge on any atom is 0.410 e. The number of aromatic nitrogens is 2. The van der Waals surface area contributed by atoms with E-state index in [1.165, 1.54) is 23.9 Å². The van der Waals surface area contributed by atoms with E-state index < -0.39 is 34.9 Å². The van der Waals surface area contributed by atoms with Crippen LogP contribution in [0.5, 0.6) is 5.75 Å². The summed E-state index contributed by atoms with van der Waals surface area (Å²) in [6, 6.07) is 7.79. The van der Waals surface area contributed by atoms with E-state index in [4.69, 9.17) is 22.1 Å². The molecule has 2 N–H and O–H groups in total. The fourth-order valence-corrected chi connectivity index (χ4v) is 2.96. The summed E-state index contributed by atoms with van der Waals surface area (Å²) in [6.07, 6.45) is -1.23. The van der Waals surface area contributed by atoms with Gasteiger partial charge in [-0.3, -0.25) is 4.68 Å². The molecule has 10 heteroatoms. The number of nitrogens with two attached hydrogens (primary N) is 1. The first-order chi connectivity index (χ1) is 13.2. The Labute approximate surface area is 161 Å². The number of hydrogen-bond acceptors (Lipinski definition) is 3. The zero-order valence-electron chi connectivity index (χ0n) is 14.2. The maximum atomic E-state index is 13.7. The third kappa shape index (κ3) is 3.53. The molecule has 0 fully saturated rings. The number of primary amides is 1. The number of aryl methyl sites for hydroxylation is 1. The zero-order chi connectivity index (χ0) is 20.6. The normalized spacial score (nSPS) is 12.1. The van der Waals surface area contributed by atoms with Gasteiger partial charge >= 0.3 is 6.09 Å². The van der Waals surface area contributed by atoms with Gasteiger partial charge in [-0.2, -0.15) is 5.10 Å². The number of hydrogen-bond donors (Lipinski definition) is 1. The van der Waals surface area contributed by atoms with Gasteiger partial charge in [0.15, 0.2) is 28.9 Å². The van der Waals surface area contributed by atoms with Gasteiger partial charge in [0.1, 0.15) is 5.69 Å². The average Bonchev–Trinajstić information content (AvgIpc) is 2.94. The van der Waals surface area contributed by atoms with Crippen molar-refractivity contribution in [2.75, 3.05) is 0 Å². The van der Waals surface area contributed by atoms with Crippen LogP contribution in [0.15, 0.2) is 36.4 Å². The van der Waals surface area contributed by atoms with Crippen molar-refractivity contribution >= 4 is 17.7 Å². The second-order valence-electron chi connectivity index (χ2n) is 5.71. The van der Waals surface area contributed by atoms with Crippen LogP contribution in [0.1, 0.15) is 11.3 Å². The Hall–Kier alpha value is -3.07. The van der Waals surface area contributed by atoms with Gasteiger partial charge < -0.3 is 10.5 Å². The molecule has 1 heterocycles. The molecule has 1 aromatic heterocycles. The molecule has 3 aromatic rings. The van der Waals surface area contributed by atoms with Gasteiger partial charge in [0, 0.05) is 12.6 Å². The molecule has 0 saturated carbocycles. The summed E-state index contributed by atoms with van der Waals surface area (Å²) in [6.45, 7) is 0. The van der Waals surface area contributed by atoms with Gasteiger partial charge in [0.2, 0.25) is 5.63 Å². The molecular weight excluding hydrogens is 402 g/mol. The van der Waals surface area contributed by atoms with Crippen molar-refractivity contribution in [3.8, 4) is 28.1 Å². The van der Waals surface area contributed by atoms with E-state index in [-0.39, 0.29) is 28.1 Å². The van der Waals surface area contributed by atoms with Crippen LogP contribution in [0.2, 0.25) is 0 Å². The third-order valence-electron chi connectivity index (χ3n) is 3.92. The summed E-state index contributed by atoms with van der Waals surface area (Å²) in [5, 5.41) is 3.89. The second kappa shape index (κ2) is 7.51. The number of carbonyl (C=O) groups excluding carboxylic acids is 1. The molecule has 0 aliphatic heterocycles. The number of nitrogens with zero attached hydrogens (tertiary/aromatic N) is 2. The minimum Gasteiger partial charge on any atom is -0.406 e. The molecule has 1 amide bonds. The molecular formula is C18H12ClF4N3O2. The van der Waals surface area contributed by atoms with Crippen molar-refractivity contribution in [1.82, 2.24) is 9.78 Å². The highest BCUT2D eigenvalue weighted by Gasteiger charge is 2.27. The van der Waals surface area contributed by atoms with Crippen LogP contribution in [0.25, 0.3) is 22.4 Å². The molecule has 0 bridgehead atoms. The molecule has 1 unspecified atom stereocenters. The van der Waals surface area contributed by atoms with Crippen LogP contribution in [0.3, 0.4) is 0 Å². The highest BCUT2D eigenvalue weighted by atomic mass is 35.5. The molecule has 0 aliphatic carbocycles. The smallest absolute Gasteiger partial charge is 0.406 e. The van der Waals surface area contributed by atoms with Crippen molar-refractivity contribution < 1.29 is 27.1 Å². The summed E-state index contributed by atoms with van der Waals surface area (Å²) in [7, 11) is 1.43. The molecule has 28 heavy (non-hydrogen) atoms. The predicted molar refractivity (Wildman–Crippen MR) is 93.9 cm³/mol. The number of ether oxygens (including phenoxy) is 1. The van der Waals surface area contributed by atoms with Gasteiger partial charge in [0.25, 0.3) is 0 Å². The van der Waals surface area contributed by atoms with E-state index >= 15 is 0 Å². The lowest BCUT2D eigenvalue weighted by Crippen LogP contribution is -2.17. The van der Waals surface area contributed by atoms with Crippen LogP contribution in [-0.4, -0.2) is 15.9 Å². The average molecular weight is 414 g/mol. The Kier molecular flexibility index (Phi) is 5.28. The first kappa shape index (κ1) is 19.7. The number of halogens is 5. The highest BCUT2D eigenvalue weighted by molar-refractivity contribution is 6.20. The van der Waals surface area contributed by atoms with Crippen molar-refractivity contribution in [2.45, 2.75) is 5.63 Å². The van der Waals surface area contributed by atoms with Crippen molar-refractivity contribution in [3.63, 3.8) is 0 Å². The summed E-state index contributed by atoms with van der Waals surface area (Å²) < 4.78 is 60.6. The summed E-state index contributed by atoms with van der Waals surface area (Å²) in [4.78, 5) is 11.3. The van der Waals surface area contributed by atoms with Crippen LogP contribution >= 0.6 is 11.6 Å². The Morgan fingerprint density at radius 2 is 1.75 bits per heavy atom. The first-order valence-electron chi connectivity index (χ1n) is 7.77. The largest absolute Gasteiger partial charge is 0.410 e. The minimum absolute atomic E-state index is 0.00227. The minimum atomic E-state index is -2.11. The molecule has 3 rings (SSSR count). The zero-order valence-corrected chi connectivity index (χ0v) is 15.0. The number of rotatable bonds is 4. The fraction of sp³-hybridized carbons (Fsp3) is 0.111. The van der Waals surface area contributed by atoms with E-state index in [9.17, 15) is 22.4 Å². The van der Waals surface area contributed by atoms with Gasteiger partial charge in [-0.15, -0.1) is 0 Å². The summed E-state index contributed by atoms with van der Waals surface area (Å²) in [5.41, 5.74) is 3.14. The quantitative estimate of drug-likeness (QED) is 0.378. The highest BCUT2D eigenvalue weighted by Crippen LogP contribution is 2.42. The number of benzene rings is 2. The third-order valence-corrected chi connectivity index (χ3v) is 4.12. The molecule has 2 aromatic carbocycles. The Morgan fingerprint density at radius 1 is 1.18 bits per heavy atom. The summed E-state index contributed by atoms with van der Waals surface area (Å²) >= 11 is 5.46. The van der Waals surface area contributed by atoms with E-state index in [1.807, 2.05) is 0 Å². The van der Waals surface area contributed by atoms with Crippen molar-refractivity contribution in [2.24, 2.45) is 12.8 Å². The molecule has 0 saturated heterocycles. The van der Waals surface area contributed by atoms with Gasteiger partial charge in [0.05, 0.1) is 0 Å². The van der Waals surface area contributed by atoms with E-state index in [2.05, 4.69) is 5.10 Å². The number of carbonyl (C=O) groups is 1. The Bertz CT molecular complexity index is 1050. The molecule has 5 nitrogen and oxygen atoms in total. The maximum absolute atomic E-state index is 13.7. The second-order valence-corrected chi connectivity index (χ2v) is 6.09. The summed E-state index contributed by atoms with van der Waals surface area (Å²) in [5.74, 6) is -4.71. The van der Waals surface area contributed by atoms with Gasteiger partial charge in [-0.05, 0) is 23.3 Å². The van der Waals surface area contributed by atoms with E-state index in [0.29, 0.717) is 0 Å². The number of amides is 1. The Balaban J connectivity index is 2.29. The molecule has 146 valence electrons. The van der Waals surface area contributed by atoms with E-state index in [0.717, 1.165) is 12.1 Å². The van der Waals surface area contributed by atoms with Crippen LogP contribution in [0.4, 0.5) is 22.4 Å². The SMILES string of the molecule is Cn1nc(C(F)Cl)c(OC(N)=O)c1-c1ccccc1-c1cc(F)c(F)c(F)c1.